The summed E-state index contributed by atoms with van der Waals surface area (Å²) in [6.07, 6.45) is 0.290. The van der Waals surface area contributed by atoms with Crippen molar-refractivity contribution in [2.45, 2.75) is 55.6 Å². The van der Waals surface area contributed by atoms with E-state index in [1.54, 1.807) is 29.2 Å². The standard InChI is InChI=1S/C32H35F3N4O6S/c1-46(42,43)28-8-6-25(7-9-28)44-26-13-17-39(18-14-26)31(41)23-5-10-29(36-20-23)30(40)37-24-11-15-38(16-12-24)21-22-3-2-4-27(19-22)45-32(33,34)35/h2-10,19-20,24,26H,11-18,21H2,1H3,(H,37,40). The molecular weight excluding hydrogens is 625 g/mol. The third kappa shape index (κ3) is 9.19. The lowest BCUT2D eigenvalue weighted by Gasteiger charge is -2.32. The lowest BCUT2D eigenvalue weighted by atomic mass is 10.0. The summed E-state index contributed by atoms with van der Waals surface area (Å²) in [6.45, 7) is 2.76. The van der Waals surface area contributed by atoms with Gasteiger partial charge in [0.25, 0.3) is 11.8 Å². The zero-order valence-corrected chi connectivity index (χ0v) is 26.0. The minimum atomic E-state index is -4.74. The minimum absolute atomic E-state index is 0.0760. The minimum Gasteiger partial charge on any atom is -0.490 e. The van der Waals surface area contributed by atoms with Gasteiger partial charge in [0.1, 0.15) is 23.3 Å². The van der Waals surface area contributed by atoms with E-state index in [-0.39, 0.29) is 40.3 Å². The summed E-state index contributed by atoms with van der Waals surface area (Å²) < 4.78 is 70.9. The second-order valence-electron chi connectivity index (χ2n) is 11.5. The van der Waals surface area contributed by atoms with E-state index in [4.69, 9.17) is 4.74 Å². The molecule has 2 aromatic carbocycles. The van der Waals surface area contributed by atoms with E-state index in [2.05, 4.69) is 19.9 Å². The Hall–Kier alpha value is -4.17. The summed E-state index contributed by atoms with van der Waals surface area (Å²) in [5.74, 6) is -0.195. The molecule has 46 heavy (non-hydrogen) atoms. The molecule has 246 valence electrons. The largest absolute Gasteiger partial charge is 0.573 e. The van der Waals surface area contributed by atoms with Gasteiger partial charge < -0.3 is 19.7 Å². The number of amides is 2. The van der Waals surface area contributed by atoms with Gasteiger partial charge in [-0.3, -0.25) is 19.5 Å². The van der Waals surface area contributed by atoms with Crippen LogP contribution in [0.15, 0.2) is 71.8 Å². The highest BCUT2D eigenvalue weighted by Gasteiger charge is 2.31. The number of benzene rings is 2. The number of aromatic nitrogens is 1. The van der Waals surface area contributed by atoms with Crippen molar-refractivity contribution in [3.63, 3.8) is 0 Å². The maximum Gasteiger partial charge on any atom is 0.573 e. The van der Waals surface area contributed by atoms with Gasteiger partial charge >= 0.3 is 6.36 Å². The summed E-state index contributed by atoms with van der Waals surface area (Å²) in [7, 11) is -3.28. The Labute approximate surface area is 265 Å². The van der Waals surface area contributed by atoms with E-state index in [1.807, 2.05) is 0 Å². The smallest absolute Gasteiger partial charge is 0.490 e. The number of hydrogen-bond acceptors (Lipinski definition) is 8. The fourth-order valence-electron chi connectivity index (χ4n) is 5.57. The number of sulfone groups is 1. The molecule has 5 rings (SSSR count). The number of hydrogen-bond donors (Lipinski definition) is 1. The Morgan fingerprint density at radius 2 is 1.63 bits per heavy atom. The van der Waals surface area contributed by atoms with E-state index in [1.165, 1.54) is 42.6 Å². The van der Waals surface area contributed by atoms with Crippen molar-refractivity contribution < 1.29 is 40.7 Å². The number of rotatable bonds is 9. The number of carbonyl (C=O) groups is 2. The van der Waals surface area contributed by atoms with Crippen LogP contribution < -0.4 is 14.8 Å². The second-order valence-corrected chi connectivity index (χ2v) is 13.5. The first-order valence-corrected chi connectivity index (χ1v) is 16.8. The van der Waals surface area contributed by atoms with Crippen molar-refractivity contribution in [1.82, 2.24) is 20.1 Å². The molecule has 0 atom stereocenters. The van der Waals surface area contributed by atoms with Crippen LogP contribution in [0, 0.1) is 0 Å². The van der Waals surface area contributed by atoms with Gasteiger partial charge in [0, 0.05) is 64.1 Å². The van der Waals surface area contributed by atoms with Gasteiger partial charge in [-0.2, -0.15) is 0 Å². The predicted molar refractivity (Wildman–Crippen MR) is 162 cm³/mol. The Bertz CT molecular complexity index is 1620. The molecule has 3 heterocycles. The predicted octanol–water partition coefficient (Wildman–Crippen LogP) is 4.46. The number of ether oxygens (including phenoxy) is 2. The third-order valence-corrected chi connectivity index (χ3v) is 9.12. The molecule has 14 heteroatoms. The molecule has 0 radical (unpaired) electrons. The molecule has 2 aliphatic rings. The van der Waals surface area contributed by atoms with E-state index in [0.29, 0.717) is 75.3 Å². The van der Waals surface area contributed by atoms with Crippen molar-refractivity contribution in [3.8, 4) is 11.5 Å². The zero-order valence-electron chi connectivity index (χ0n) is 25.2. The molecule has 3 aromatic rings. The molecule has 2 fully saturated rings. The van der Waals surface area contributed by atoms with E-state index in [9.17, 15) is 31.2 Å². The van der Waals surface area contributed by atoms with Crippen molar-refractivity contribution in [2.24, 2.45) is 0 Å². The van der Waals surface area contributed by atoms with E-state index < -0.39 is 16.2 Å². The van der Waals surface area contributed by atoms with Gasteiger partial charge in [0.2, 0.25) is 0 Å². The molecule has 1 aromatic heterocycles. The lowest BCUT2D eigenvalue weighted by molar-refractivity contribution is -0.274. The van der Waals surface area contributed by atoms with Gasteiger partial charge in [-0.15, -0.1) is 13.2 Å². The highest BCUT2D eigenvalue weighted by Crippen LogP contribution is 2.25. The van der Waals surface area contributed by atoms with Gasteiger partial charge in [0.05, 0.1) is 10.5 Å². The normalized spacial score (nSPS) is 17.0. The third-order valence-electron chi connectivity index (χ3n) is 7.99. The summed E-state index contributed by atoms with van der Waals surface area (Å²) in [4.78, 5) is 34.2. The monoisotopic (exact) mass is 660 g/mol. The number of halogens is 3. The Morgan fingerprint density at radius 1 is 0.935 bits per heavy atom. The Morgan fingerprint density at radius 3 is 2.24 bits per heavy atom. The molecule has 0 unspecified atom stereocenters. The first kappa shape index (κ1) is 33.2. The highest BCUT2D eigenvalue weighted by molar-refractivity contribution is 7.90. The Kier molecular flexibility index (Phi) is 10.2. The first-order valence-electron chi connectivity index (χ1n) is 14.9. The molecule has 10 nitrogen and oxygen atoms in total. The highest BCUT2D eigenvalue weighted by atomic mass is 32.2. The molecule has 2 saturated heterocycles. The maximum absolute atomic E-state index is 13.1. The molecule has 0 spiro atoms. The van der Waals surface area contributed by atoms with E-state index >= 15 is 0 Å². The fraction of sp³-hybridized carbons (Fsp3) is 0.406. The lowest BCUT2D eigenvalue weighted by Crippen LogP contribution is -2.44. The van der Waals surface area contributed by atoms with Crippen LogP contribution in [0.1, 0.15) is 52.1 Å². The summed E-state index contributed by atoms with van der Waals surface area (Å²) in [5.41, 5.74) is 1.29. The van der Waals surface area contributed by atoms with Gasteiger partial charge in [-0.1, -0.05) is 12.1 Å². The van der Waals surface area contributed by atoms with Crippen LogP contribution in [0.2, 0.25) is 0 Å². The molecule has 2 aliphatic heterocycles. The van der Waals surface area contributed by atoms with Crippen LogP contribution in [0.4, 0.5) is 13.2 Å². The zero-order chi connectivity index (χ0) is 32.9. The Balaban J connectivity index is 1.04. The van der Waals surface area contributed by atoms with Crippen LogP contribution in [0.25, 0.3) is 0 Å². The molecule has 2 amide bonds. The second kappa shape index (κ2) is 14.1. The quantitative estimate of drug-likeness (QED) is 0.358. The fourth-order valence-corrected chi connectivity index (χ4v) is 6.20. The summed E-state index contributed by atoms with van der Waals surface area (Å²) in [5, 5.41) is 2.99. The molecule has 0 aliphatic carbocycles. The number of piperidine rings is 2. The molecule has 1 N–H and O–H groups in total. The maximum atomic E-state index is 13.1. The van der Waals surface area contributed by atoms with Crippen LogP contribution in [-0.4, -0.2) is 86.0 Å². The van der Waals surface area contributed by atoms with Gasteiger partial charge in [0.15, 0.2) is 9.84 Å². The SMILES string of the molecule is CS(=O)(=O)c1ccc(OC2CCN(C(=O)c3ccc(C(=O)NC4CCN(Cc5cccc(OC(F)(F)F)c5)CC4)nc3)CC2)cc1. The van der Waals surface area contributed by atoms with Crippen LogP contribution in [-0.2, 0) is 16.4 Å². The van der Waals surface area contributed by atoms with E-state index in [0.717, 1.165) is 6.26 Å². The topological polar surface area (TPSA) is 118 Å². The van der Waals surface area contributed by atoms with Gasteiger partial charge in [-0.25, -0.2) is 8.42 Å². The van der Waals surface area contributed by atoms with Gasteiger partial charge in [-0.05, 0) is 66.9 Å². The summed E-state index contributed by atoms with van der Waals surface area (Å²) >= 11 is 0. The number of nitrogens with zero attached hydrogens (tertiary/aromatic N) is 3. The molecular formula is C32H35F3N4O6S. The first-order chi connectivity index (χ1) is 21.8. The number of pyridine rings is 1. The van der Waals surface area contributed by atoms with Crippen molar-refractivity contribution in [3.05, 3.63) is 83.7 Å². The molecule has 0 saturated carbocycles. The van der Waals surface area contributed by atoms with Crippen molar-refractivity contribution >= 4 is 21.7 Å². The van der Waals surface area contributed by atoms with Crippen molar-refractivity contribution in [2.75, 3.05) is 32.4 Å². The van der Waals surface area contributed by atoms with Crippen LogP contribution in [0.5, 0.6) is 11.5 Å². The number of carbonyl (C=O) groups excluding carboxylic acids is 2. The summed E-state index contributed by atoms with van der Waals surface area (Å²) in [6, 6.07) is 15.3. The van der Waals surface area contributed by atoms with Crippen molar-refractivity contribution in [1.29, 1.82) is 0 Å². The number of nitrogens with one attached hydrogen (secondary N) is 1. The number of likely N-dealkylation sites (tertiary alicyclic amines) is 2. The van der Waals surface area contributed by atoms with Crippen LogP contribution in [0.3, 0.4) is 0 Å². The molecule has 0 bridgehead atoms. The number of alkyl halides is 3. The average Bonchev–Trinajstić information content (AvgIpc) is 3.01. The van der Waals surface area contributed by atoms with Crippen LogP contribution >= 0.6 is 0 Å². The average molecular weight is 661 g/mol.